The smallest absolute Gasteiger partial charge is 0.246 e. The molecule has 0 radical (unpaired) electrons. The van der Waals surface area contributed by atoms with E-state index >= 15 is 0 Å². The van der Waals surface area contributed by atoms with E-state index in [1.54, 1.807) is 18.2 Å². The molecule has 0 aliphatic carbocycles. The zero-order valence-corrected chi connectivity index (χ0v) is 9.73. The molecule has 1 N–H and O–H groups in total. The Morgan fingerprint density at radius 3 is 2.73 bits per heavy atom. The number of carbonyl (C=O) groups is 1. The Morgan fingerprint density at radius 1 is 1.40 bits per heavy atom. The van der Waals surface area contributed by atoms with Crippen LogP contribution in [0.2, 0.25) is 10.0 Å². The summed E-state index contributed by atoms with van der Waals surface area (Å²) in [6, 6.07) is 5.22. The predicted molar refractivity (Wildman–Crippen MR) is 60.2 cm³/mol. The van der Waals surface area contributed by atoms with Gasteiger partial charge in [0.1, 0.15) is 6.61 Å². The van der Waals surface area contributed by atoms with Crippen LogP contribution in [0, 0.1) is 0 Å². The van der Waals surface area contributed by atoms with Gasteiger partial charge < -0.3 is 10.1 Å². The summed E-state index contributed by atoms with van der Waals surface area (Å²) < 4.78 is 4.68. The Hall–Kier alpha value is -0.770. The van der Waals surface area contributed by atoms with Crippen molar-refractivity contribution >= 4 is 29.1 Å². The van der Waals surface area contributed by atoms with E-state index in [4.69, 9.17) is 23.2 Å². The lowest BCUT2D eigenvalue weighted by Gasteiger charge is -2.05. The first-order chi connectivity index (χ1) is 7.13. The van der Waals surface area contributed by atoms with Gasteiger partial charge in [0.25, 0.3) is 0 Å². The second-order valence-corrected chi connectivity index (χ2v) is 3.77. The third-order valence-corrected chi connectivity index (χ3v) is 2.49. The minimum Gasteiger partial charge on any atom is -0.375 e. The summed E-state index contributed by atoms with van der Waals surface area (Å²) in [5.74, 6) is -0.163. The fourth-order valence-electron chi connectivity index (χ4n) is 1.03. The van der Waals surface area contributed by atoms with Crippen molar-refractivity contribution in [3.63, 3.8) is 0 Å². The first-order valence-corrected chi connectivity index (χ1v) is 5.08. The number of benzene rings is 1. The average Bonchev–Trinajstić information content (AvgIpc) is 2.20. The van der Waals surface area contributed by atoms with Gasteiger partial charge in [0, 0.05) is 13.7 Å². The van der Waals surface area contributed by atoms with E-state index in [2.05, 4.69) is 10.1 Å². The van der Waals surface area contributed by atoms with Crippen LogP contribution >= 0.6 is 23.2 Å². The molecule has 0 saturated heterocycles. The molecule has 1 aromatic carbocycles. The van der Waals surface area contributed by atoms with Gasteiger partial charge in [0.15, 0.2) is 0 Å². The third-order valence-electron chi connectivity index (χ3n) is 1.75. The van der Waals surface area contributed by atoms with Crippen molar-refractivity contribution in [3.8, 4) is 0 Å². The summed E-state index contributed by atoms with van der Waals surface area (Å²) in [6.45, 7) is 0.473. The molecule has 0 saturated carbocycles. The Morgan fingerprint density at radius 2 is 2.13 bits per heavy atom. The van der Waals surface area contributed by atoms with E-state index in [0.29, 0.717) is 16.6 Å². The lowest BCUT2D eigenvalue weighted by atomic mass is 10.2. The summed E-state index contributed by atoms with van der Waals surface area (Å²) in [5.41, 5.74) is 0.897. The molecule has 1 amide bonds. The number of nitrogens with one attached hydrogen (secondary N) is 1. The molecule has 82 valence electrons. The van der Waals surface area contributed by atoms with Crippen molar-refractivity contribution < 1.29 is 9.53 Å². The highest BCUT2D eigenvalue weighted by Crippen LogP contribution is 2.22. The van der Waals surface area contributed by atoms with E-state index in [9.17, 15) is 4.79 Å². The normalized spacial score (nSPS) is 10.1. The Labute approximate surface area is 98.3 Å². The quantitative estimate of drug-likeness (QED) is 0.887. The lowest BCUT2D eigenvalue weighted by molar-refractivity contribution is -0.124. The van der Waals surface area contributed by atoms with Crippen LogP contribution in [0.1, 0.15) is 5.56 Å². The van der Waals surface area contributed by atoms with Crippen LogP contribution in [0.15, 0.2) is 18.2 Å². The average molecular weight is 248 g/mol. The number of methoxy groups -OCH3 is 1. The zero-order valence-electron chi connectivity index (χ0n) is 8.22. The number of carbonyl (C=O) groups excluding carboxylic acids is 1. The van der Waals surface area contributed by atoms with Gasteiger partial charge in [-0.1, -0.05) is 29.3 Å². The highest BCUT2D eigenvalue weighted by atomic mass is 35.5. The molecule has 15 heavy (non-hydrogen) atoms. The highest BCUT2D eigenvalue weighted by molar-refractivity contribution is 6.42. The van der Waals surface area contributed by atoms with Crippen LogP contribution in [-0.2, 0) is 16.1 Å². The number of hydrogen-bond acceptors (Lipinski definition) is 2. The number of hydrogen-bond donors (Lipinski definition) is 1. The van der Waals surface area contributed by atoms with Crippen LogP contribution in [0.3, 0.4) is 0 Å². The first kappa shape index (κ1) is 12.3. The molecule has 0 heterocycles. The molecule has 0 atom stereocenters. The molecule has 0 unspecified atom stereocenters. The molecule has 1 rings (SSSR count). The number of amides is 1. The van der Waals surface area contributed by atoms with Crippen molar-refractivity contribution in [3.05, 3.63) is 33.8 Å². The maximum atomic E-state index is 11.1. The third kappa shape index (κ3) is 4.08. The second-order valence-electron chi connectivity index (χ2n) is 2.96. The molecular formula is C10H11Cl2NO2. The van der Waals surface area contributed by atoms with Crippen LogP contribution in [-0.4, -0.2) is 19.6 Å². The van der Waals surface area contributed by atoms with Crippen molar-refractivity contribution in [1.29, 1.82) is 0 Å². The van der Waals surface area contributed by atoms with E-state index in [-0.39, 0.29) is 12.5 Å². The van der Waals surface area contributed by atoms with Crippen molar-refractivity contribution in [2.75, 3.05) is 13.7 Å². The van der Waals surface area contributed by atoms with Crippen molar-refractivity contribution in [1.82, 2.24) is 5.32 Å². The number of rotatable bonds is 4. The van der Waals surface area contributed by atoms with E-state index in [0.717, 1.165) is 5.56 Å². The fourth-order valence-corrected chi connectivity index (χ4v) is 1.35. The summed E-state index contributed by atoms with van der Waals surface area (Å²) in [6.07, 6.45) is 0. The van der Waals surface area contributed by atoms with Gasteiger partial charge in [0.2, 0.25) is 5.91 Å². The molecule has 1 aromatic rings. The van der Waals surface area contributed by atoms with Gasteiger partial charge in [-0.3, -0.25) is 4.79 Å². The largest absolute Gasteiger partial charge is 0.375 e. The topological polar surface area (TPSA) is 38.3 Å². The van der Waals surface area contributed by atoms with Crippen LogP contribution < -0.4 is 5.32 Å². The summed E-state index contributed by atoms with van der Waals surface area (Å²) in [7, 11) is 1.47. The number of halogens is 2. The Balaban J connectivity index is 2.51. The summed E-state index contributed by atoms with van der Waals surface area (Å²) in [4.78, 5) is 11.1. The minimum atomic E-state index is -0.163. The van der Waals surface area contributed by atoms with Gasteiger partial charge in [-0.25, -0.2) is 0 Å². The molecule has 3 nitrogen and oxygen atoms in total. The molecule has 5 heteroatoms. The molecule has 0 bridgehead atoms. The predicted octanol–water partition coefficient (Wildman–Crippen LogP) is 2.26. The second kappa shape index (κ2) is 5.95. The first-order valence-electron chi connectivity index (χ1n) is 4.33. The Bertz CT molecular complexity index is 355. The summed E-state index contributed by atoms with van der Waals surface area (Å²) in [5, 5.41) is 3.67. The zero-order chi connectivity index (χ0) is 11.3. The van der Waals surface area contributed by atoms with Gasteiger partial charge in [-0.05, 0) is 17.7 Å². The van der Waals surface area contributed by atoms with Gasteiger partial charge in [-0.15, -0.1) is 0 Å². The van der Waals surface area contributed by atoms with Gasteiger partial charge in [0.05, 0.1) is 10.0 Å². The van der Waals surface area contributed by atoms with Crippen LogP contribution in [0.4, 0.5) is 0 Å². The molecular weight excluding hydrogens is 237 g/mol. The molecule has 0 aliphatic heterocycles. The van der Waals surface area contributed by atoms with Crippen LogP contribution in [0.5, 0.6) is 0 Å². The van der Waals surface area contributed by atoms with E-state index in [1.807, 2.05) is 0 Å². The van der Waals surface area contributed by atoms with Gasteiger partial charge >= 0.3 is 0 Å². The summed E-state index contributed by atoms with van der Waals surface area (Å²) >= 11 is 11.6. The molecule has 0 aliphatic rings. The molecule has 0 fully saturated rings. The SMILES string of the molecule is COCC(=O)NCc1ccc(Cl)c(Cl)c1. The van der Waals surface area contributed by atoms with Crippen LogP contribution in [0.25, 0.3) is 0 Å². The fraction of sp³-hybridized carbons (Fsp3) is 0.300. The monoisotopic (exact) mass is 247 g/mol. The lowest BCUT2D eigenvalue weighted by Crippen LogP contribution is -2.26. The minimum absolute atomic E-state index is 0.0569. The van der Waals surface area contributed by atoms with E-state index < -0.39 is 0 Å². The van der Waals surface area contributed by atoms with Gasteiger partial charge in [-0.2, -0.15) is 0 Å². The highest BCUT2D eigenvalue weighted by Gasteiger charge is 2.02. The maximum absolute atomic E-state index is 11.1. The standard InChI is InChI=1S/C10H11Cl2NO2/c1-15-6-10(14)13-5-7-2-3-8(11)9(12)4-7/h2-4H,5-6H2,1H3,(H,13,14). The molecule has 0 spiro atoms. The molecule has 0 aromatic heterocycles. The van der Waals surface area contributed by atoms with Crippen molar-refractivity contribution in [2.24, 2.45) is 0 Å². The van der Waals surface area contributed by atoms with Crippen molar-refractivity contribution in [2.45, 2.75) is 6.54 Å². The maximum Gasteiger partial charge on any atom is 0.246 e. The van der Waals surface area contributed by atoms with E-state index in [1.165, 1.54) is 7.11 Å². The number of ether oxygens (including phenoxy) is 1. The Kier molecular flexibility index (Phi) is 4.88.